The molecule has 2 heteroatoms. The summed E-state index contributed by atoms with van der Waals surface area (Å²) in [4.78, 5) is 0. The number of benzene rings is 2. The summed E-state index contributed by atoms with van der Waals surface area (Å²) >= 11 is 0. The predicted octanol–water partition coefficient (Wildman–Crippen LogP) is 2.83. The number of hydrogen-bond acceptors (Lipinski definition) is 2. The maximum atomic E-state index is 5.67. The highest BCUT2D eigenvalue weighted by atomic mass is 14.5. The van der Waals surface area contributed by atoms with E-state index in [-0.39, 0.29) is 0 Å². The third kappa shape index (κ3) is 3.08. The molecule has 0 aliphatic heterocycles. The quantitative estimate of drug-likeness (QED) is 0.788. The van der Waals surface area contributed by atoms with Gasteiger partial charge in [0.2, 0.25) is 0 Å². The van der Waals surface area contributed by atoms with Gasteiger partial charge in [0.15, 0.2) is 0 Å². The van der Waals surface area contributed by atoms with Crippen LogP contribution < -0.4 is 11.5 Å². The molecule has 0 amide bonds. The van der Waals surface area contributed by atoms with Crippen molar-refractivity contribution in [1.29, 1.82) is 0 Å². The van der Waals surface area contributed by atoms with E-state index in [4.69, 9.17) is 11.5 Å². The average Bonchev–Trinajstić information content (AvgIpc) is 2.38. The van der Waals surface area contributed by atoms with Crippen molar-refractivity contribution in [3.8, 4) is 11.1 Å². The first-order valence-corrected chi connectivity index (χ1v) is 5.94. The van der Waals surface area contributed by atoms with E-state index in [1.165, 1.54) is 16.7 Å². The van der Waals surface area contributed by atoms with Crippen LogP contribution >= 0.6 is 0 Å². The molecule has 0 saturated heterocycles. The summed E-state index contributed by atoms with van der Waals surface area (Å²) in [5, 5.41) is 0. The lowest BCUT2D eigenvalue weighted by molar-refractivity contribution is 0.833. The Kier molecular flexibility index (Phi) is 3.78. The van der Waals surface area contributed by atoms with Gasteiger partial charge in [-0.15, -0.1) is 0 Å². The molecule has 4 N–H and O–H groups in total. The second kappa shape index (κ2) is 5.51. The topological polar surface area (TPSA) is 52.0 Å². The van der Waals surface area contributed by atoms with Crippen LogP contribution in [0.1, 0.15) is 12.0 Å². The molecule has 0 heterocycles. The molecular formula is C15H18N2. The highest BCUT2D eigenvalue weighted by Crippen LogP contribution is 2.21. The van der Waals surface area contributed by atoms with Crippen LogP contribution in [0.4, 0.5) is 5.69 Å². The third-order valence-electron chi connectivity index (χ3n) is 2.87. The van der Waals surface area contributed by atoms with Gasteiger partial charge in [-0.05, 0) is 48.2 Å². The van der Waals surface area contributed by atoms with Crippen molar-refractivity contribution < 1.29 is 0 Å². The summed E-state index contributed by atoms with van der Waals surface area (Å²) in [6.07, 6.45) is 2.10. The second-order valence-electron chi connectivity index (χ2n) is 4.21. The molecular weight excluding hydrogens is 208 g/mol. The van der Waals surface area contributed by atoms with Crippen LogP contribution in [0.2, 0.25) is 0 Å². The summed E-state index contributed by atoms with van der Waals surface area (Å²) in [6, 6.07) is 16.6. The molecule has 2 aromatic carbocycles. The molecule has 0 spiro atoms. The lowest BCUT2D eigenvalue weighted by atomic mass is 10.0. The number of aryl methyl sites for hydroxylation is 1. The smallest absolute Gasteiger partial charge is 0.0314 e. The largest absolute Gasteiger partial charge is 0.399 e. The molecule has 0 aliphatic carbocycles. The SMILES string of the molecule is NCCCc1ccc(-c2ccc(N)cc2)cc1. The fraction of sp³-hybridized carbons (Fsp3) is 0.200. The predicted molar refractivity (Wildman–Crippen MR) is 73.7 cm³/mol. The van der Waals surface area contributed by atoms with Gasteiger partial charge in [-0.2, -0.15) is 0 Å². The lowest BCUT2D eigenvalue weighted by Gasteiger charge is -2.04. The molecule has 0 unspecified atom stereocenters. The maximum absolute atomic E-state index is 5.67. The first-order chi connectivity index (χ1) is 8.29. The van der Waals surface area contributed by atoms with Gasteiger partial charge in [-0.3, -0.25) is 0 Å². The van der Waals surface area contributed by atoms with Crippen molar-refractivity contribution >= 4 is 5.69 Å². The van der Waals surface area contributed by atoms with Crippen molar-refractivity contribution in [3.05, 3.63) is 54.1 Å². The van der Waals surface area contributed by atoms with Crippen molar-refractivity contribution in [2.24, 2.45) is 5.73 Å². The van der Waals surface area contributed by atoms with Gasteiger partial charge >= 0.3 is 0 Å². The minimum atomic E-state index is 0.750. The van der Waals surface area contributed by atoms with Gasteiger partial charge in [-0.1, -0.05) is 36.4 Å². The molecule has 0 radical (unpaired) electrons. The number of nitrogen functional groups attached to an aromatic ring is 1. The van der Waals surface area contributed by atoms with Crippen LogP contribution in [0.3, 0.4) is 0 Å². The zero-order valence-electron chi connectivity index (χ0n) is 9.89. The minimum Gasteiger partial charge on any atom is -0.399 e. The molecule has 0 bridgehead atoms. The van der Waals surface area contributed by atoms with Crippen LogP contribution in [0.15, 0.2) is 48.5 Å². The molecule has 2 nitrogen and oxygen atoms in total. The average molecular weight is 226 g/mol. The van der Waals surface area contributed by atoms with Crippen molar-refractivity contribution in [1.82, 2.24) is 0 Å². The monoisotopic (exact) mass is 226 g/mol. The number of hydrogen-bond donors (Lipinski definition) is 2. The van der Waals surface area contributed by atoms with Crippen molar-refractivity contribution in [2.45, 2.75) is 12.8 Å². The van der Waals surface area contributed by atoms with Crippen LogP contribution in [0, 0.1) is 0 Å². The van der Waals surface area contributed by atoms with E-state index >= 15 is 0 Å². The lowest BCUT2D eigenvalue weighted by Crippen LogP contribution is -2.00. The van der Waals surface area contributed by atoms with E-state index in [0.717, 1.165) is 25.1 Å². The molecule has 0 fully saturated rings. The van der Waals surface area contributed by atoms with Crippen LogP contribution in [0.25, 0.3) is 11.1 Å². The summed E-state index contributed by atoms with van der Waals surface area (Å²) in [7, 11) is 0. The summed E-state index contributed by atoms with van der Waals surface area (Å²) in [6.45, 7) is 0.750. The third-order valence-corrected chi connectivity index (χ3v) is 2.87. The Morgan fingerprint density at radius 1 is 0.765 bits per heavy atom. The van der Waals surface area contributed by atoms with E-state index in [1.54, 1.807) is 0 Å². The minimum absolute atomic E-state index is 0.750. The second-order valence-corrected chi connectivity index (χ2v) is 4.21. The zero-order chi connectivity index (χ0) is 12.1. The van der Waals surface area contributed by atoms with Gasteiger partial charge in [0.1, 0.15) is 0 Å². The molecule has 0 aliphatic rings. The highest BCUT2D eigenvalue weighted by Gasteiger charge is 1.98. The Bertz CT molecular complexity index is 457. The zero-order valence-corrected chi connectivity index (χ0v) is 9.89. The van der Waals surface area contributed by atoms with Crippen LogP contribution in [0.5, 0.6) is 0 Å². The van der Waals surface area contributed by atoms with E-state index in [0.29, 0.717) is 0 Å². The molecule has 0 saturated carbocycles. The number of nitrogens with two attached hydrogens (primary N) is 2. The maximum Gasteiger partial charge on any atom is 0.0314 e. The number of rotatable bonds is 4. The van der Waals surface area contributed by atoms with Crippen LogP contribution in [-0.4, -0.2) is 6.54 Å². The first-order valence-electron chi connectivity index (χ1n) is 5.94. The molecule has 0 aromatic heterocycles. The highest BCUT2D eigenvalue weighted by molar-refractivity contribution is 5.65. The van der Waals surface area contributed by atoms with E-state index < -0.39 is 0 Å². The van der Waals surface area contributed by atoms with E-state index in [1.807, 2.05) is 24.3 Å². The van der Waals surface area contributed by atoms with Gasteiger partial charge in [0.05, 0.1) is 0 Å². The molecule has 0 atom stereocenters. The summed E-state index contributed by atoms with van der Waals surface area (Å²) < 4.78 is 0. The van der Waals surface area contributed by atoms with E-state index in [2.05, 4.69) is 24.3 Å². The van der Waals surface area contributed by atoms with Crippen LogP contribution in [-0.2, 0) is 6.42 Å². The van der Waals surface area contributed by atoms with Gasteiger partial charge in [0.25, 0.3) is 0 Å². The van der Waals surface area contributed by atoms with Crippen molar-refractivity contribution in [3.63, 3.8) is 0 Å². The summed E-state index contributed by atoms with van der Waals surface area (Å²) in [5.41, 5.74) is 15.7. The fourth-order valence-corrected chi connectivity index (χ4v) is 1.85. The Morgan fingerprint density at radius 2 is 1.29 bits per heavy atom. The van der Waals surface area contributed by atoms with Crippen molar-refractivity contribution in [2.75, 3.05) is 12.3 Å². The van der Waals surface area contributed by atoms with E-state index in [9.17, 15) is 0 Å². The normalized spacial score (nSPS) is 10.4. The Hall–Kier alpha value is -1.80. The first kappa shape index (κ1) is 11.7. The fourth-order valence-electron chi connectivity index (χ4n) is 1.85. The Balaban J connectivity index is 2.14. The summed E-state index contributed by atoms with van der Waals surface area (Å²) in [5.74, 6) is 0. The molecule has 88 valence electrons. The molecule has 2 rings (SSSR count). The molecule has 2 aromatic rings. The number of anilines is 1. The van der Waals surface area contributed by atoms with Gasteiger partial charge < -0.3 is 11.5 Å². The van der Waals surface area contributed by atoms with Gasteiger partial charge in [0, 0.05) is 5.69 Å². The molecule has 17 heavy (non-hydrogen) atoms. The Labute approximate surface area is 102 Å². The Morgan fingerprint density at radius 3 is 1.82 bits per heavy atom. The van der Waals surface area contributed by atoms with Gasteiger partial charge in [-0.25, -0.2) is 0 Å². The standard InChI is InChI=1S/C15H18N2/c16-11-1-2-12-3-5-13(6-4-12)14-7-9-15(17)10-8-14/h3-10H,1-2,11,16-17H2.